The molecule has 5 rings (SSSR count). The number of likely N-dealkylation sites (tertiary alicyclic amines) is 1. The number of methoxy groups -OCH3 is 1. The zero-order chi connectivity index (χ0) is 28.5. The van der Waals surface area contributed by atoms with Crippen molar-refractivity contribution in [3.8, 4) is 5.75 Å². The first kappa shape index (κ1) is 29.0. The smallest absolute Gasteiger partial charge is 0.335 e. The van der Waals surface area contributed by atoms with Crippen LogP contribution in [0.3, 0.4) is 0 Å². The Kier molecular flexibility index (Phi) is 8.37. The van der Waals surface area contributed by atoms with Crippen molar-refractivity contribution >= 4 is 33.5 Å². The second-order valence-corrected chi connectivity index (χ2v) is 11.6. The Morgan fingerprint density at radius 1 is 1.26 bits per heavy atom. The van der Waals surface area contributed by atoms with Crippen molar-refractivity contribution in [1.29, 1.82) is 0 Å². The number of fused-ring (bicyclic) bond motifs is 1. The third-order valence-electron chi connectivity index (χ3n) is 7.87. The summed E-state index contributed by atoms with van der Waals surface area (Å²) in [6, 6.07) is 8.46. The van der Waals surface area contributed by atoms with E-state index in [9.17, 15) is 22.9 Å². The number of hydrogen-bond acceptors (Lipinski definition) is 4. The van der Waals surface area contributed by atoms with Gasteiger partial charge in [-0.05, 0) is 67.1 Å². The molecule has 1 aliphatic heterocycles. The number of anilines is 1. The number of aromatic amines is 1. The zero-order valence-electron chi connectivity index (χ0n) is 23.1. The Hall–Kier alpha value is -2.98. The van der Waals surface area contributed by atoms with Gasteiger partial charge in [0.2, 0.25) is 5.92 Å². The van der Waals surface area contributed by atoms with Crippen LogP contribution in [0.4, 0.5) is 14.5 Å². The maximum Gasteiger partial charge on any atom is 0.335 e. The average Bonchev–Trinajstić information content (AvgIpc) is 3.37. The molecule has 3 N–H and O–H groups in total. The van der Waals surface area contributed by atoms with E-state index in [0.29, 0.717) is 31.6 Å². The summed E-state index contributed by atoms with van der Waals surface area (Å²) in [6.45, 7) is 7.13. The lowest BCUT2D eigenvalue weighted by molar-refractivity contribution is -0.186. The fourth-order valence-electron chi connectivity index (χ4n) is 6.25. The largest absolute Gasteiger partial charge is 0.496 e. The molecule has 0 amide bonds. The van der Waals surface area contributed by atoms with E-state index in [1.807, 2.05) is 39.1 Å². The highest BCUT2D eigenvalue weighted by Gasteiger charge is 2.58. The van der Waals surface area contributed by atoms with E-state index >= 15 is 0 Å². The fraction of sp³-hybridized carbons (Fsp3) is 0.483. The predicted molar refractivity (Wildman–Crippen MR) is 151 cm³/mol. The SMILES string of the molecule is CC.COc1cc(C)c2[nH]ccc2c1CN1CCC2(CC1c1ccc(C(=O)O)cc1NS(C)=O)CC(F)(F)C2. The number of ether oxygens (including phenoxy) is 1. The van der Waals surface area contributed by atoms with E-state index in [1.54, 1.807) is 13.2 Å². The summed E-state index contributed by atoms with van der Waals surface area (Å²) in [7, 11) is 0.190. The van der Waals surface area contributed by atoms with Crippen LogP contribution in [-0.4, -0.2) is 51.0 Å². The van der Waals surface area contributed by atoms with Gasteiger partial charge in [-0.15, -0.1) is 0 Å². The Morgan fingerprint density at radius 3 is 2.59 bits per heavy atom. The van der Waals surface area contributed by atoms with Crippen molar-refractivity contribution in [2.75, 3.05) is 24.6 Å². The first-order valence-corrected chi connectivity index (χ1v) is 14.8. The highest BCUT2D eigenvalue weighted by molar-refractivity contribution is 7.85. The molecule has 7 nitrogen and oxygen atoms in total. The highest BCUT2D eigenvalue weighted by Crippen LogP contribution is 2.61. The van der Waals surface area contributed by atoms with Crippen LogP contribution in [-0.2, 0) is 17.5 Å². The van der Waals surface area contributed by atoms with Crippen molar-refractivity contribution in [3.63, 3.8) is 0 Å². The minimum atomic E-state index is -2.65. The number of aryl methyl sites for hydroxylation is 1. The van der Waals surface area contributed by atoms with Gasteiger partial charge < -0.3 is 19.5 Å². The standard InChI is InChI=1S/C27H31F2N3O4S.C2H6/c1-16-10-23(36-2)20(18-6-8-30-24(16)18)13-32-9-7-26(14-27(28,29)15-26)12-22(32)19-5-4-17(25(33)34)11-21(19)31-37(3)35;1-2/h4-6,8,10-11,22,30-31H,7,9,12-15H2,1-3H3,(H,33,34);1-2H3. The number of nitrogens with zero attached hydrogens (tertiary/aromatic N) is 1. The van der Waals surface area contributed by atoms with Crippen LogP contribution in [0.25, 0.3) is 10.9 Å². The van der Waals surface area contributed by atoms with E-state index in [-0.39, 0.29) is 24.4 Å². The van der Waals surface area contributed by atoms with Gasteiger partial charge >= 0.3 is 5.97 Å². The topological polar surface area (TPSA) is 94.7 Å². The summed E-state index contributed by atoms with van der Waals surface area (Å²) >= 11 is 0. The molecule has 0 bridgehead atoms. The van der Waals surface area contributed by atoms with Crippen molar-refractivity contribution < 1.29 is 27.6 Å². The van der Waals surface area contributed by atoms with Crippen LogP contribution in [0.15, 0.2) is 36.5 Å². The Bertz CT molecular complexity index is 1380. The second-order valence-electron chi connectivity index (χ2n) is 10.5. The Morgan fingerprint density at radius 2 is 1.97 bits per heavy atom. The Balaban J connectivity index is 0.00000172. The van der Waals surface area contributed by atoms with Crippen LogP contribution >= 0.6 is 0 Å². The van der Waals surface area contributed by atoms with Crippen molar-refractivity contribution in [2.24, 2.45) is 5.41 Å². The van der Waals surface area contributed by atoms with Gasteiger partial charge in [-0.2, -0.15) is 0 Å². The van der Waals surface area contributed by atoms with Crippen molar-refractivity contribution in [1.82, 2.24) is 9.88 Å². The summed E-state index contributed by atoms with van der Waals surface area (Å²) < 4.78 is 48.9. The van der Waals surface area contributed by atoms with Gasteiger partial charge in [0.05, 0.1) is 18.4 Å². The molecule has 1 saturated carbocycles. The van der Waals surface area contributed by atoms with Crippen molar-refractivity contribution in [3.05, 3.63) is 58.8 Å². The third kappa shape index (κ3) is 5.82. The molecule has 2 aromatic carbocycles. The summed E-state index contributed by atoms with van der Waals surface area (Å²) in [5, 5.41) is 10.6. The van der Waals surface area contributed by atoms with E-state index in [1.165, 1.54) is 18.4 Å². The van der Waals surface area contributed by atoms with E-state index in [0.717, 1.165) is 33.3 Å². The third-order valence-corrected chi connectivity index (χ3v) is 8.38. The molecule has 1 aliphatic carbocycles. The minimum Gasteiger partial charge on any atom is -0.496 e. The molecule has 0 radical (unpaired) electrons. The number of halogens is 2. The average molecular weight is 562 g/mol. The first-order chi connectivity index (χ1) is 18.5. The molecule has 1 saturated heterocycles. The van der Waals surface area contributed by atoms with E-state index in [4.69, 9.17) is 4.74 Å². The molecular weight excluding hydrogens is 524 g/mol. The number of alkyl halides is 2. The quantitative estimate of drug-likeness (QED) is 0.300. The maximum atomic E-state index is 14.1. The number of aromatic nitrogens is 1. The van der Waals surface area contributed by atoms with Gasteiger partial charge in [-0.1, -0.05) is 19.9 Å². The molecule has 2 unspecified atom stereocenters. The number of rotatable bonds is 7. The lowest BCUT2D eigenvalue weighted by atomic mass is 9.59. The van der Waals surface area contributed by atoms with Gasteiger partial charge in [-0.3, -0.25) is 4.90 Å². The maximum absolute atomic E-state index is 14.1. The number of aromatic carboxylic acids is 1. The number of carbonyl (C=O) groups is 1. The van der Waals surface area contributed by atoms with Gasteiger partial charge in [0.15, 0.2) is 0 Å². The second kappa shape index (κ2) is 11.3. The molecule has 2 fully saturated rings. The summed E-state index contributed by atoms with van der Waals surface area (Å²) in [6.07, 6.45) is 4.24. The summed E-state index contributed by atoms with van der Waals surface area (Å²) in [5.41, 5.74) is 3.88. The highest BCUT2D eigenvalue weighted by atomic mass is 32.2. The molecule has 3 aromatic rings. The predicted octanol–water partition coefficient (Wildman–Crippen LogP) is 6.67. The number of carboxylic acids is 1. The Labute approximate surface area is 230 Å². The number of hydrogen-bond donors (Lipinski definition) is 3. The molecule has 2 heterocycles. The number of carboxylic acid groups (broad SMARTS) is 1. The molecular formula is C29H37F2N3O4S. The van der Waals surface area contributed by atoms with E-state index in [2.05, 4.69) is 14.6 Å². The molecule has 39 heavy (non-hydrogen) atoms. The lowest BCUT2D eigenvalue weighted by Crippen LogP contribution is -2.53. The number of H-pyrrole nitrogens is 1. The number of piperidine rings is 1. The minimum absolute atomic E-state index is 0.0678. The fourth-order valence-corrected chi connectivity index (χ4v) is 6.73. The van der Waals surface area contributed by atoms with Crippen LogP contribution in [0.2, 0.25) is 0 Å². The van der Waals surface area contributed by atoms with E-state index < -0.39 is 28.3 Å². The van der Waals surface area contributed by atoms with Crippen LogP contribution in [0.1, 0.15) is 72.6 Å². The summed E-state index contributed by atoms with van der Waals surface area (Å²) in [4.78, 5) is 17.2. The molecule has 2 aliphatic rings. The van der Waals surface area contributed by atoms with Gasteiger partial charge in [0.1, 0.15) is 16.7 Å². The molecule has 1 spiro atoms. The van der Waals surface area contributed by atoms with Crippen LogP contribution in [0.5, 0.6) is 5.75 Å². The van der Waals surface area contributed by atoms with Gasteiger partial charge in [-0.25, -0.2) is 17.8 Å². The molecule has 212 valence electrons. The number of benzene rings is 2. The van der Waals surface area contributed by atoms with Crippen LogP contribution in [0, 0.1) is 12.3 Å². The monoisotopic (exact) mass is 561 g/mol. The molecule has 1 aromatic heterocycles. The lowest BCUT2D eigenvalue weighted by Gasteiger charge is -2.55. The normalized spacial score (nSPS) is 20.5. The van der Waals surface area contributed by atoms with Gasteiger partial charge in [0.25, 0.3) is 0 Å². The van der Waals surface area contributed by atoms with Crippen LogP contribution < -0.4 is 9.46 Å². The first-order valence-electron chi connectivity index (χ1n) is 13.2. The van der Waals surface area contributed by atoms with Crippen molar-refractivity contribution in [2.45, 2.75) is 65.0 Å². The molecule has 10 heteroatoms. The summed E-state index contributed by atoms with van der Waals surface area (Å²) in [5.74, 6) is -2.98. The number of nitrogens with one attached hydrogen (secondary N) is 2. The molecule has 2 atom stereocenters. The van der Waals surface area contributed by atoms with Gasteiger partial charge in [0, 0.05) is 54.3 Å². The zero-order valence-corrected chi connectivity index (χ0v) is 23.9.